The van der Waals surface area contributed by atoms with Crippen LogP contribution in [0.3, 0.4) is 0 Å². The van der Waals surface area contributed by atoms with E-state index in [1.807, 2.05) is 0 Å². The van der Waals surface area contributed by atoms with Crippen LogP contribution in [0.15, 0.2) is 25.3 Å². The minimum absolute atomic E-state index is 0.124. The first kappa shape index (κ1) is 10.4. The van der Waals surface area contributed by atoms with Crippen LogP contribution < -0.4 is 11.5 Å². The Morgan fingerprint density at radius 1 is 1.09 bits per heavy atom. The van der Waals surface area contributed by atoms with E-state index in [1.165, 1.54) is 0 Å². The van der Waals surface area contributed by atoms with Crippen molar-refractivity contribution >= 4 is 0 Å². The molecular weight excluding hydrogens is 140 g/mol. The van der Waals surface area contributed by atoms with Gasteiger partial charge in [-0.3, -0.25) is 0 Å². The third kappa shape index (κ3) is 3.93. The molecule has 3 nitrogen and oxygen atoms in total. The maximum Gasteiger partial charge on any atom is 0.0884 e. The van der Waals surface area contributed by atoms with Crippen molar-refractivity contribution in [3.05, 3.63) is 25.3 Å². The summed E-state index contributed by atoms with van der Waals surface area (Å²) in [7, 11) is 0. The van der Waals surface area contributed by atoms with E-state index in [0.29, 0.717) is 13.1 Å². The average Bonchev–Trinajstić information content (AvgIpc) is 2.07. The molecule has 0 aromatic rings. The Kier molecular flexibility index (Phi) is 5.74. The van der Waals surface area contributed by atoms with Crippen molar-refractivity contribution in [2.45, 2.75) is 12.2 Å². The van der Waals surface area contributed by atoms with Gasteiger partial charge in [-0.2, -0.15) is 0 Å². The molecule has 0 amide bonds. The van der Waals surface area contributed by atoms with Crippen molar-refractivity contribution in [3.63, 3.8) is 0 Å². The van der Waals surface area contributed by atoms with E-state index in [0.717, 1.165) is 0 Å². The molecule has 0 rings (SSSR count). The van der Waals surface area contributed by atoms with Gasteiger partial charge in [0.15, 0.2) is 0 Å². The molecule has 0 aromatic heterocycles. The highest BCUT2D eigenvalue weighted by Gasteiger charge is 2.07. The molecule has 0 aliphatic rings. The van der Waals surface area contributed by atoms with Gasteiger partial charge in [-0.25, -0.2) is 0 Å². The highest BCUT2D eigenvalue weighted by Crippen LogP contribution is 1.98. The van der Waals surface area contributed by atoms with E-state index in [-0.39, 0.29) is 12.2 Å². The second-order valence-electron chi connectivity index (χ2n) is 2.16. The zero-order valence-corrected chi connectivity index (χ0v) is 6.70. The van der Waals surface area contributed by atoms with E-state index in [2.05, 4.69) is 13.2 Å². The number of hydrogen-bond acceptors (Lipinski definition) is 3. The third-order valence-electron chi connectivity index (χ3n) is 1.34. The Morgan fingerprint density at radius 3 is 1.64 bits per heavy atom. The van der Waals surface area contributed by atoms with Gasteiger partial charge in [0.2, 0.25) is 0 Å². The summed E-state index contributed by atoms with van der Waals surface area (Å²) in [5.41, 5.74) is 10.7. The molecular formula is C8H16N2O. The molecule has 0 heterocycles. The van der Waals surface area contributed by atoms with E-state index in [1.54, 1.807) is 12.2 Å². The Bertz CT molecular complexity index is 111. The lowest BCUT2D eigenvalue weighted by atomic mass is 10.3. The van der Waals surface area contributed by atoms with Gasteiger partial charge in [-0.1, -0.05) is 12.2 Å². The summed E-state index contributed by atoms with van der Waals surface area (Å²) < 4.78 is 5.36. The van der Waals surface area contributed by atoms with Crippen LogP contribution in [-0.4, -0.2) is 25.3 Å². The summed E-state index contributed by atoms with van der Waals surface area (Å²) in [6.07, 6.45) is 3.07. The van der Waals surface area contributed by atoms with Gasteiger partial charge in [-0.15, -0.1) is 13.2 Å². The van der Waals surface area contributed by atoms with Crippen molar-refractivity contribution in [1.29, 1.82) is 0 Å². The van der Waals surface area contributed by atoms with Crippen LogP contribution in [-0.2, 0) is 4.74 Å². The van der Waals surface area contributed by atoms with Crippen molar-refractivity contribution in [2.75, 3.05) is 13.1 Å². The highest BCUT2D eigenvalue weighted by atomic mass is 16.5. The molecule has 0 saturated heterocycles. The van der Waals surface area contributed by atoms with Crippen molar-refractivity contribution in [3.8, 4) is 0 Å². The first-order chi connectivity index (χ1) is 5.28. The van der Waals surface area contributed by atoms with Gasteiger partial charge in [0, 0.05) is 13.1 Å². The quantitative estimate of drug-likeness (QED) is 0.533. The summed E-state index contributed by atoms with van der Waals surface area (Å²) in [4.78, 5) is 0. The lowest BCUT2D eigenvalue weighted by Gasteiger charge is -2.17. The molecule has 0 aliphatic heterocycles. The second kappa shape index (κ2) is 6.09. The summed E-state index contributed by atoms with van der Waals surface area (Å²) in [5.74, 6) is 0. The van der Waals surface area contributed by atoms with Crippen LogP contribution in [0.5, 0.6) is 0 Å². The summed E-state index contributed by atoms with van der Waals surface area (Å²) in [6, 6.07) is 0. The minimum atomic E-state index is -0.124. The summed E-state index contributed by atoms with van der Waals surface area (Å²) >= 11 is 0. The molecule has 0 fully saturated rings. The fourth-order valence-corrected chi connectivity index (χ4v) is 0.639. The molecule has 4 N–H and O–H groups in total. The lowest BCUT2D eigenvalue weighted by Crippen LogP contribution is -2.30. The van der Waals surface area contributed by atoms with Crippen LogP contribution in [0.1, 0.15) is 0 Å². The van der Waals surface area contributed by atoms with Crippen LogP contribution in [0.4, 0.5) is 0 Å². The molecule has 2 unspecified atom stereocenters. The third-order valence-corrected chi connectivity index (χ3v) is 1.34. The van der Waals surface area contributed by atoms with E-state index < -0.39 is 0 Å². The fraction of sp³-hybridized carbons (Fsp3) is 0.500. The maximum absolute atomic E-state index is 5.37. The van der Waals surface area contributed by atoms with E-state index in [9.17, 15) is 0 Å². The molecule has 0 bridgehead atoms. The Morgan fingerprint density at radius 2 is 1.45 bits per heavy atom. The first-order valence-electron chi connectivity index (χ1n) is 3.59. The molecule has 64 valence electrons. The molecule has 11 heavy (non-hydrogen) atoms. The molecule has 2 atom stereocenters. The van der Waals surface area contributed by atoms with Gasteiger partial charge in [-0.05, 0) is 0 Å². The Hall–Kier alpha value is -0.640. The van der Waals surface area contributed by atoms with E-state index in [4.69, 9.17) is 16.2 Å². The average molecular weight is 156 g/mol. The van der Waals surface area contributed by atoms with Gasteiger partial charge < -0.3 is 16.2 Å². The number of hydrogen-bond donors (Lipinski definition) is 2. The number of nitrogens with two attached hydrogens (primary N) is 2. The predicted molar refractivity (Wildman–Crippen MR) is 47.2 cm³/mol. The molecule has 0 radical (unpaired) electrons. The largest absolute Gasteiger partial charge is 0.364 e. The normalized spacial score (nSPS) is 15.5. The lowest BCUT2D eigenvalue weighted by molar-refractivity contribution is 0.0518. The first-order valence-corrected chi connectivity index (χ1v) is 3.59. The maximum atomic E-state index is 5.37. The fourth-order valence-electron chi connectivity index (χ4n) is 0.639. The summed E-state index contributed by atoms with van der Waals surface area (Å²) in [5, 5.41) is 0. The van der Waals surface area contributed by atoms with Gasteiger partial charge in [0.1, 0.15) is 0 Å². The topological polar surface area (TPSA) is 61.3 Å². The smallest absolute Gasteiger partial charge is 0.0884 e. The molecule has 3 heteroatoms. The van der Waals surface area contributed by atoms with Crippen molar-refractivity contribution < 1.29 is 4.74 Å². The molecule has 0 aliphatic carbocycles. The van der Waals surface area contributed by atoms with Crippen LogP contribution >= 0.6 is 0 Å². The van der Waals surface area contributed by atoms with Gasteiger partial charge in [0.25, 0.3) is 0 Å². The zero-order chi connectivity index (χ0) is 8.69. The molecule has 0 spiro atoms. The van der Waals surface area contributed by atoms with E-state index >= 15 is 0 Å². The van der Waals surface area contributed by atoms with Crippen molar-refractivity contribution in [2.24, 2.45) is 11.5 Å². The van der Waals surface area contributed by atoms with Crippen LogP contribution in [0, 0.1) is 0 Å². The SMILES string of the molecule is C=CC(CN)OC(C=C)CN. The molecule has 0 aromatic carbocycles. The number of rotatable bonds is 6. The Labute approximate surface area is 67.7 Å². The van der Waals surface area contributed by atoms with Gasteiger partial charge >= 0.3 is 0 Å². The van der Waals surface area contributed by atoms with Gasteiger partial charge in [0.05, 0.1) is 12.2 Å². The van der Waals surface area contributed by atoms with Crippen LogP contribution in [0.2, 0.25) is 0 Å². The molecule has 0 saturated carbocycles. The monoisotopic (exact) mass is 156 g/mol. The standard InChI is InChI=1S/C8H16N2O/c1-3-7(5-9)11-8(4-2)6-10/h3-4,7-8H,1-2,5-6,9-10H2. The number of ether oxygens (including phenoxy) is 1. The Balaban J connectivity index is 3.76. The highest BCUT2D eigenvalue weighted by molar-refractivity contribution is 4.87. The van der Waals surface area contributed by atoms with Crippen molar-refractivity contribution in [1.82, 2.24) is 0 Å². The minimum Gasteiger partial charge on any atom is -0.364 e. The second-order valence-corrected chi connectivity index (χ2v) is 2.16. The summed E-state index contributed by atoms with van der Waals surface area (Å²) in [6.45, 7) is 8.00. The predicted octanol–water partition coefficient (Wildman–Crippen LogP) is 0.0296. The van der Waals surface area contributed by atoms with Crippen LogP contribution in [0.25, 0.3) is 0 Å². The zero-order valence-electron chi connectivity index (χ0n) is 6.70.